The maximum Gasteiger partial charge on any atom is 0.0713 e. The SMILES string of the molecule is NCc1cnc2ccccc2c1Sc1cccc(Cl)c1. The molecule has 2 aromatic carbocycles. The van der Waals surface area contributed by atoms with E-state index in [0.29, 0.717) is 6.54 Å². The summed E-state index contributed by atoms with van der Waals surface area (Å²) in [7, 11) is 0. The van der Waals surface area contributed by atoms with E-state index in [2.05, 4.69) is 11.1 Å². The van der Waals surface area contributed by atoms with Gasteiger partial charge in [-0.05, 0) is 29.8 Å². The summed E-state index contributed by atoms with van der Waals surface area (Å²) >= 11 is 7.73. The molecule has 0 saturated carbocycles. The number of aromatic nitrogens is 1. The third-order valence-corrected chi connectivity index (χ3v) is 4.45. The van der Waals surface area contributed by atoms with Crippen LogP contribution in [0.15, 0.2) is 64.5 Å². The lowest BCUT2D eigenvalue weighted by Gasteiger charge is -2.11. The molecule has 0 radical (unpaired) electrons. The lowest BCUT2D eigenvalue weighted by atomic mass is 10.1. The first-order chi connectivity index (χ1) is 9.78. The first kappa shape index (κ1) is 13.4. The zero-order valence-corrected chi connectivity index (χ0v) is 12.3. The maximum absolute atomic E-state index is 6.05. The summed E-state index contributed by atoms with van der Waals surface area (Å²) < 4.78 is 0. The van der Waals surface area contributed by atoms with Gasteiger partial charge in [0.2, 0.25) is 0 Å². The molecule has 100 valence electrons. The molecule has 0 bridgehead atoms. The van der Waals surface area contributed by atoms with Gasteiger partial charge in [-0.1, -0.05) is 47.6 Å². The molecule has 20 heavy (non-hydrogen) atoms. The second-order valence-corrected chi connectivity index (χ2v) is 5.91. The number of hydrogen-bond acceptors (Lipinski definition) is 3. The van der Waals surface area contributed by atoms with Crippen LogP contribution < -0.4 is 5.73 Å². The Labute approximate surface area is 127 Å². The third-order valence-electron chi connectivity index (χ3n) is 3.04. The summed E-state index contributed by atoms with van der Waals surface area (Å²) in [6.07, 6.45) is 1.86. The number of nitrogens with two attached hydrogens (primary N) is 1. The number of benzene rings is 2. The number of para-hydroxylation sites is 1. The van der Waals surface area contributed by atoms with Gasteiger partial charge in [0, 0.05) is 32.9 Å². The number of pyridine rings is 1. The van der Waals surface area contributed by atoms with E-state index >= 15 is 0 Å². The molecular weight excluding hydrogens is 288 g/mol. The largest absolute Gasteiger partial charge is 0.326 e. The zero-order valence-electron chi connectivity index (χ0n) is 10.7. The van der Waals surface area contributed by atoms with Crippen LogP contribution in [-0.2, 0) is 6.54 Å². The fourth-order valence-electron chi connectivity index (χ4n) is 2.07. The van der Waals surface area contributed by atoms with E-state index in [9.17, 15) is 0 Å². The highest BCUT2D eigenvalue weighted by atomic mass is 35.5. The van der Waals surface area contributed by atoms with Gasteiger partial charge >= 0.3 is 0 Å². The Hall–Kier alpha value is -1.55. The summed E-state index contributed by atoms with van der Waals surface area (Å²) in [5.74, 6) is 0. The van der Waals surface area contributed by atoms with Crippen LogP contribution in [0.1, 0.15) is 5.56 Å². The number of rotatable bonds is 3. The maximum atomic E-state index is 6.05. The smallest absolute Gasteiger partial charge is 0.0713 e. The average molecular weight is 301 g/mol. The molecule has 0 aliphatic carbocycles. The van der Waals surface area contributed by atoms with Crippen LogP contribution in [0, 0.1) is 0 Å². The summed E-state index contributed by atoms with van der Waals surface area (Å²) in [5.41, 5.74) is 7.88. The summed E-state index contributed by atoms with van der Waals surface area (Å²) in [5, 5.41) is 1.86. The second-order valence-electron chi connectivity index (χ2n) is 4.39. The van der Waals surface area contributed by atoms with Gasteiger partial charge in [0.15, 0.2) is 0 Å². The van der Waals surface area contributed by atoms with Gasteiger partial charge in [-0.15, -0.1) is 0 Å². The Kier molecular flexibility index (Phi) is 3.92. The highest BCUT2D eigenvalue weighted by Gasteiger charge is 2.09. The monoisotopic (exact) mass is 300 g/mol. The van der Waals surface area contributed by atoms with Crippen molar-refractivity contribution >= 4 is 34.3 Å². The van der Waals surface area contributed by atoms with Crippen molar-refractivity contribution in [3.63, 3.8) is 0 Å². The predicted molar refractivity (Wildman–Crippen MR) is 85.2 cm³/mol. The Morgan fingerprint density at radius 2 is 1.95 bits per heavy atom. The Morgan fingerprint density at radius 3 is 2.75 bits per heavy atom. The molecule has 4 heteroatoms. The molecule has 2 nitrogen and oxygen atoms in total. The van der Waals surface area contributed by atoms with Crippen molar-refractivity contribution in [1.82, 2.24) is 4.98 Å². The molecule has 0 atom stereocenters. The van der Waals surface area contributed by atoms with Crippen molar-refractivity contribution in [1.29, 1.82) is 0 Å². The van der Waals surface area contributed by atoms with Gasteiger partial charge in [-0.2, -0.15) is 0 Å². The van der Waals surface area contributed by atoms with E-state index < -0.39 is 0 Å². The van der Waals surface area contributed by atoms with Gasteiger partial charge in [0.05, 0.1) is 5.52 Å². The van der Waals surface area contributed by atoms with Crippen molar-refractivity contribution in [2.45, 2.75) is 16.3 Å². The number of hydrogen-bond donors (Lipinski definition) is 1. The molecule has 0 aliphatic heterocycles. The standard InChI is InChI=1S/C16H13ClN2S/c17-12-4-3-5-13(8-12)20-16-11(9-18)10-19-15-7-2-1-6-14(15)16/h1-8,10H,9,18H2. The molecule has 3 aromatic rings. The first-order valence-electron chi connectivity index (χ1n) is 6.28. The summed E-state index contributed by atoms with van der Waals surface area (Å²) in [6, 6.07) is 15.9. The number of fused-ring (bicyclic) bond motifs is 1. The highest BCUT2D eigenvalue weighted by Crippen LogP contribution is 2.36. The summed E-state index contributed by atoms with van der Waals surface area (Å²) in [4.78, 5) is 6.71. The number of nitrogens with zero attached hydrogens (tertiary/aromatic N) is 1. The van der Waals surface area contributed by atoms with Crippen LogP contribution in [0.5, 0.6) is 0 Å². The third kappa shape index (κ3) is 2.66. The van der Waals surface area contributed by atoms with Crippen LogP contribution >= 0.6 is 23.4 Å². The average Bonchev–Trinajstić information content (AvgIpc) is 2.48. The second kappa shape index (κ2) is 5.83. The highest BCUT2D eigenvalue weighted by molar-refractivity contribution is 7.99. The van der Waals surface area contributed by atoms with Crippen LogP contribution in [0.3, 0.4) is 0 Å². The van der Waals surface area contributed by atoms with E-state index in [1.54, 1.807) is 11.8 Å². The van der Waals surface area contributed by atoms with Crippen LogP contribution in [0.25, 0.3) is 10.9 Å². The minimum absolute atomic E-state index is 0.473. The Balaban J connectivity index is 2.13. The van der Waals surface area contributed by atoms with Crippen molar-refractivity contribution in [3.05, 3.63) is 65.3 Å². The molecule has 0 aliphatic rings. The lowest BCUT2D eigenvalue weighted by molar-refractivity contribution is 1.02. The minimum atomic E-state index is 0.473. The normalized spacial score (nSPS) is 10.9. The predicted octanol–water partition coefficient (Wildman–Crippen LogP) is 4.50. The van der Waals surface area contributed by atoms with Crippen LogP contribution in [-0.4, -0.2) is 4.98 Å². The van der Waals surface area contributed by atoms with E-state index in [1.165, 1.54) is 0 Å². The fraction of sp³-hybridized carbons (Fsp3) is 0.0625. The van der Waals surface area contributed by atoms with Crippen molar-refractivity contribution in [2.75, 3.05) is 0 Å². The topological polar surface area (TPSA) is 38.9 Å². The molecule has 0 unspecified atom stereocenters. The molecule has 2 N–H and O–H groups in total. The van der Waals surface area contributed by atoms with Crippen LogP contribution in [0.2, 0.25) is 5.02 Å². The fourth-order valence-corrected chi connectivity index (χ4v) is 3.44. The van der Waals surface area contributed by atoms with Gasteiger partial charge < -0.3 is 5.73 Å². The van der Waals surface area contributed by atoms with E-state index in [-0.39, 0.29) is 0 Å². The summed E-state index contributed by atoms with van der Waals surface area (Å²) in [6.45, 7) is 0.473. The Morgan fingerprint density at radius 1 is 1.10 bits per heavy atom. The first-order valence-corrected chi connectivity index (χ1v) is 7.47. The van der Waals surface area contributed by atoms with Crippen molar-refractivity contribution < 1.29 is 0 Å². The minimum Gasteiger partial charge on any atom is -0.326 e. The van der Waals surface area contributed by atoms with Crippen molar-refractivity contribution in [2.24, 2.45) is 5.73 Å². The molecule has 3 rings (SSSR count). The molecule has 0 fully saturated rings. The Bertz CT molecular complexity index is 758. The van der Waals surface area contributed by atoms with Gasteiger partial charge in [0.1, 0.15) is 0 Å². The van der Waals surface area contributed by atoms with Crippen molar-refractivity contribution in [3.8, 4) is 0 Å². The quantitative estimate of drug-likeness (QED) is 0.774. The van der Waals surface area contributed by atoms with Gasteiger partial charge in [-0.25, -0.2) is 0 Å². The molecule has 1 aromatic heterocycles. The molecule has 0 amide bonds. The molecule has 1 heterocycles. The van der Waals surface area contributed by atoms with E-state index in [4.69, 9.17) is 17.3 Å². The van der Waals surface area contributed by atoms with E-state index in [0.717, 1.165) is 31.3 Å². The molecular formula is C16H13ClN2S. The van der Waals surface area contributed by atoms with Crippen LogP contribution in [0.4, 0.5) is 0 Å². The molecule has 0 spiro atoms. The van der Waals surface area contributed by atoms with E-state index in [1.807, 2.05) is 48.7 Å². The lowest BCUT2D eigenvalue weighted by Crippen LogP contribution is -2.00. The zero-order chi connectivity index (χ0) is 13.9. The number of halogens is 1. The molecule has 0 saturated heterocycles. The van der Waals surface area contributed by atoms with Gasteiger partial charge in [-0.3, -0.25) is 4.98 Å². The van der Waals surface area contributed by atoms with Gasteiger partial charge in [0.25, 0.3) is 0 Å².